The Bertz CT molecular complexity index is 1550. The Morgan fingerprint density at radius 2 is 1.63 bits per heavy atom. The number of nitrogens with one attached hydrogen (secondary N) is 1. The van der Waals surface area contributed by atoms with E-state index in [1.807, 2.05) is 80.7 Å². The van der Waals surface area contributed by atoms with Crippen LogP contribution in [0.1, 0.15) is 47.2 Å². The molecule has 35 heavy (non-hydrogen) atoms. The van der Waals surface area contributed by atoms with E-state index in [9.17, 15) is 9.59 Å². The molecule has 0 saturated carbocycles. The second kappa shape index (κ2) is 8.71. The van der Waals surface area contributed by atoms with Crippen LogP contribution >= 0.6 is 11.3 Å². The molecular weight excluding hydrogens is 458 g/mol. The van der Waals surface area contributed by atoms with Crippen LogP contribution in [0.3, 0.4) is 0 Å². The highest BCUT2D eigenvalue weighted by atomic mass is 32.1. The van der Waals surface area contributed by atoms with E-state index in [4.69, 9.17) is 9.15 Å². The fourth-order valence-corrected chi connectivity index (χ4v) is 5.07. The molecule has 6 heteroatoms. The lowest BCUT2D eigenvalue weighted by atomic mass is 9.95. The lowest BCUT2D eigenvalue weighted by Crippen LogP contribution is -2.25. The van der Waals surface area contributed by atoms with Gasteiger partial charge in [-0.1, -0.05) is 54.6 Å². The standard InChI is InChI=1S/C29H25NO4S/c1-17-13-14-21(20-11-7-6-10-19(17)20)22-16-35-27(25(22)28(32)34-29(2,3)4)30-26(31)24-15-18-9-5-8-12-23(18)33-24/h5-16H,1-4H3,(H,30,31). The topological polar surface area (TPSA) is 68.5 Å². The number of rotatable bonds is 4. The fourth-order valence-electron chi connectivity index (χ4n) is 4.12. The summed E-state index contributed by atoms with van der Waals surface area (Å²) in [7, 11) is 0. The molecule has 5 rings (SSSR count). The molecule has 5 nitrogen and oxygen atoms in total. The molecule has 3 aromatic carbocycles. The van der Waals surface area contributed by atoms with Crippen molar-refractivity contribution < 1.29 is 18.7 Å². The van der Waals surface area contributed by atoms with Gasteiger partial charge in [0.15, 0.2) is 5.76 Å². The Hall–Kier alpha value is -3.90. The van der Waals surface area contributed by atoms with Crippen molar-refractivity contribution in [3.63, 3.8) is 0 Å². The molecule has 2 aromatic heterocycles. The first-order chi connectivity index (χ1) is 16.7. The van der Waals surface area contributed by atoms with Crippen LogP contribution in [0.5, 0.6) is 0 Å². The maximum atomic E-state index is 13.4. The normalized spacial score (nSPS) is 11.7. The smallest absolute Gasteiger partial charge is 0.342 e. The van der Waals surface area contributed by atoms with E-state index >= 15 is 0 Å². The van der Waals surface area contributed by atoms with E-state index in [-0.39, 0.29) is 5.76 Å². The SMILES string of the molecule is Cc1ccc(-c2csc(NC(=O)c3cc4ccccc4o3)c2C(=O)OC(C)(C)C)c2ccccc12. The van der Waals surface area contributed by atoms with Crippen LogP contribution in [-0.4, -0.2) is 17.5 Å². The van der Waals surface area contributed by atoms with Gasteiger partial charge in [-0.15, -0.1) is 11.3 Å². The second-order valence-electron chi connectivity index (χ2n) is 9.43. The second-order valence-corrected chi connectivity index (χ2v) is 10.3. The average molecular weight is 484 g/mol. The Morgan fingerprint density at radius 1 is 0.914 bits per heavy atom. The highest BCUT2D eigenvalue weighted by molar-refractivity contribution is 7.15. The minimum atomic E-state index is -0.689. The van der Waals surface area contributed by atoms with E-state index in [1.165, 1.54) is 11.3 Å². The fraction of sp³-hybridized carbons (Fsp3) is 0.172. The van der Waals surface area contributed by atoms with Crippen molar-refractivity contribution >= 4 is 50.0 Å². The maximum Gasteiger partial charge on any atom is 0.342 e. The number of esters is 1. The van der Waals surface area contributed by atoms with E-state index in [2.05, 4.69) is 18.3 Å². The molecule has 0 aliphatic heterocycles. The molecule has 0 saturated heterocycles. The van der Waals surface area contributed by atoms with Gasteiger partial charge in [0.2, 0.25) is 0 Å². The van der Waals surface area contributed by atoms with Gasteiger partial charge >= 0.3 is 5.97 Å². The van der Waals surface area contributed by atoms with Crippen molar-refractivity contribution in [2.45, 2.75) is 33.3 Å². The van der Waals surface area contributed by atoms with E-state index in [0.717, 1.165) is 32.8 Å². The maximum absolute atomic E-state index is 13.4. The van der Waals surface area contributed by atoms with Gasteiger partial charge < -0.3 is 14.5 Å². The van der Waals surface area contributed by atoms with Crippen molar-refractivity contribution in [3.05, 3.63) is 89.0 Å². The Balaban J connectivity index is 1.60. The molecule has 176 valence electrons. The first-order valence-corrected chi connectivity index (χ1v) is 12.2. The van der Waals surface area contributed by atoms with Crippen molar-refractivity contribution in [3.8, 4) is 11.1 Å². The number of carbonyl (C=O) groups excluding carboxylic acids is 2. The number of para-hydroxylation sites is 1. The van der Waals surface area contributed by atoms with Crippen molar-refractivity contribution in [1.82, 2.24) is 0 Å². The lowest BCUT2D eigenvalue weighted by molar-refractivity contribution is 0.00721. The monoisotopic (exact) mass is 483 g/mol. The first-order valence-electron chi connectivity index (χ1n) is 11.3. The molecule has 0 spiro atoms. The third kappa shape index (κ3) is 4.45. The summed E-state index contributed by atoms with van der Waals surface area (Å²) in [5.74, 6) is -0.733. The molecule has 1 amide bonds. The lowest BCUT2D eigenvalue weighted by Gasteiger charge is -2.20. The molecule has 0 aliphatic carbocycles. The molecule has 0 aliphatic rings. The molecule has 0 bridgehead atoms. The van der Waals surface area contributed by atoms with Crippen LogP contribution in [0.15, 0.2) is 76.5 Å². The summed E-state index contributed by atoms with van der Waals surface area (Å²) in [4.78, 5) is 26.5. The van der Waals surface area contributed by atoms with Gasteiger partial charge in [-0.2, -0.15) is 0 Å². The van der Waals surface area contributed by atoms with Crippen LogP contribution in [0.25, 0.3) is 32.9 Å². The number of amides is 1. The number of hydrogen-bond donors (Lipinski definition) is 1. The summed E-state index contributed by atoms with van der Waals surface area (Å²) < 4.78 is 11.5. The molecule has 0 atom stereocenters. The largest absolute Gasteiger partial charge is 0.456 e. The van der Waals surface area contributed by atoms with Gasteiger partial charge in [0.25, 0.3) is 5.91 Å². The number of carbonyl (C=O) groups is 2. The van der Waals surface area contributed by atoms with Gasteiger partial charge in [0.1, 0.15) is 21.7 Å². The van der Waals surface area contributed by atoms with Gasteiger partial charge in [-0.25, -0.2) is 4.79 Å². The van der Waals surface area contributed by atoms with E-state index < -0.39 is 17.5 Å². The van der Waals surface area contributed by atoms with Gasteiger partial charge in [-0.05, 0) is 61.7 Å². The molecular formula is C29H25NO4S. The quantitative estimate of drug-likeness (QED) is 0.265. The highest BCUT2D eigenvalue weighted by Gasteiger charge is 2.28. The first kappa shape index (κ1) is 22.9. The molecule has 0 fully saturated rings. The van der Waals surface area contributed by atoms with Crippen molar-refractivity contribution in [2.75, 3.05) is 5.32 Å². The number of ether oxygens (including phenoxy) is 1. The number of fused-ring (bicyclic) bond motifs is 2. The van der Waals surface area contributed by atoms with Gasteiger partial charge in [0.05, 0.1) is 0 Å². The minimum absolute atomic E-state index is 0.178. The summed E-state index contributed by atoms with van der Waals surface area (Å²) in [5.41, 5.74) is 3.06. The molecule has 5 aromatic rings. The third-order valence-electron chi connectivity index (χ3n) is 5.70. The highest BCUT2D eigenvalue weighted by Crippen LogP contribution is 2.40. The number of benzene rings is 3. The van der Waals surface area contributed by atoms with E-state index in [1.54, 1.807) is 6.07 Å². The van der Waals surface area contributed by atoms with Crippen LogP contribution < -0.4 is 5.32 Å². The molecule has 0 radical (unpaired) electrons. The van der Waals surface area contributed by atoms with Crippen molar-refractivity contribution in [1.29, 1.82) is 0 Å². The number of thiophene rings is 1. The number of furan rings is 1. The Kier molecular flexibility index (Phi) is 5.69. The molecule has 1 N–H and O–H groups in total. The molecule has 0 unspecified atom stereocenters. The summed E-state index contributed by atoms with van der Waals surface area (Å²) in [6.07, 6.45) is 0. The summed E-state index contributed by atoms with van der Waals surface area (Å²) >= 11 is 1.29. The molecule has 2 heterocycles. The zero-order valence-electron chi connectivity index (χ0n) is 20.0. The summed E-state index contributed by atoms with van der Waals surface area (Å²) in [6, 6.07) is 21.3. The third-order valence-corrected chi connectivity index (χ3v) is 6.60. The average Bonchev–Trinajstić information content (AvgIpc) is 3.43. The number of anilines is 1. The predicted octanol–water partition coefficient (Wildman–Crippen LogP) is 7.83. The van der Waals surface area contributed by atoms with Gasteiger partial charge in [-0.3, -0.25) is 4.79 Å². The Labute approximate surface area is 207 Å². The van der Waals surface area contributed by atoms with E-state index in [0.29, 0.717) is 16.1 Å². The van der Waals surface area contributed by atoms with Crippen LogP contribution in [0, 0.1) is 6.92 Å². The van der Waals surface area contributed by atoms with Crippen LogP contribution in [-0.2, 0) is 4.74 Å². The van der Waals surface area contributed by atoms with Gasteiger partial charge in [0, 0.05) is 16.3 Å². The minimum Gasteiger partial charge on any atom is -0.456 e. The number of aryl methyl sites for hydroxylation is 1. The van der Waals surface area contributed by atoms with Crippen LogP contribution in [0.4, 0.5) is 5.00 Å². The predicted molar refractivity (Wildman–Crippen MR) is 141 cm³/mol. The summed E-state index contributed by atoms with van der Waals surface area (Å²) in [5, 5.41) is 8.18. The van der Waals surface area contributed by atoms with Crippen LogP contribution in [0.2, 0.25) is 0 Å². The van der Waals surface area contributed by atoms with Crippen molar-refractivity contribution in [2.24, 2.45) is 0 Å². The zero-order valence-corrected chi connectivity index (χ0v) is 20.8. The summed E-state index contributed by atoms with van der Waals surface area (Å²) in [6.45, 7) is 7.54. The Morgan fingerprint density at radius 3 is 2.37 bits per heavy atom. The number of hydrogen-bond acceptors (Lipinski definition) is 5. The zero-order chi connectivity index (χ0) is 24.7.